The number of nitrogens with zero attached hydrogens (tertiary/aromatic N) is 4. The van der Waals surface area contributed by atoms with Crippen molar-refractivity contribution in [2.24, 2.45) is 0 Å². The van der Waals surface area contributed by atoms with Gasteiger partial charge in [-0.05, 0) is 25.8 Å². The van der Waals surface area contributed by atoms with Crippen molar-refractivity contribution in [3.05, 3.63) is 36.2 Å². The highest BCUT2D eigenvalue weighted by molar-refractivity contribution is 5.75. The number of rotatable bonds is 5. The lowest BCUT2D eigenvalue weighted by Crippen LogP contribution is -2.27. The fraction of sp³-hybridized carbons (Fsp3) is 0.533. The van der Waals surface area contributed by atoms with Gasteiger partial charge in [-0.2, -0.15) is 5.10 Å². The van der Waals surface area contributed by atoms with E-state index in [2.05, 4.69) is 20.1 Å². The van der Waals surface area contributed by atoms with Gasteiger partial charge in [0.15, 0.2) is 0 Å². The standard InChI is InChI=1S/C15H21N5O/c1-12-16-7-9-19(12)11-15(21)17-10-13-6-8-20(18-13)14-4-2-3-5-14/h6-9,14H,2-5,10-11H2,1H3,(H,17,21). The molecule has 112 valence electrons. The van der Waals surface area contributed by atoms with Crippen molar-refractivity contribution in [1.82, 2.24) is 24.6 Å². The maximum absolute atomic E-state index is 11.9. The van der Waals surface area contributed by atoms with Crippen molar-refractivity contribution in [3.63, 3.8) is 0 Å². The Bertz CT molecular complexity index is 609. The molecule has 0 unspecified atom stereocenters. The third kappa shape index (κ3) is 3.32. The molecule has 0 aliphatic heterocycles. The summed E-state index contributed by atoms with van der Waals surface area (Å²) < 4.78 is 3.88. The first-order valence-corrected chi connectivity index (χ1v) is 7.51. The Morgan fingerprint density at radius 1 is 1.38 bits per heavy atom. The molecule has 1 aliphatic rings. The fourth-order valence-electron chi connectivity index (χ4n) is 2.81. The summed E-state index contributed by atoms with van der Waals surface area (Å²) in [6, 6.07) is 2.53. The molecule has 3 rings (SSSR count). The van der Waals surface area contributed by atoms with Crippen LogP contribution in [0.5, 0.6) is 0 Å². The molecule has 1 N–H and O–H groups in total. The normalized spacial score (nSPS) is 15.5. The molecule has 2 heterocycles. The van der Waals surface area contributed by atoms with E-state index in [9.17, 15) is 4.79 Å². The summed E-state index contributed by atoms with van der Waals surface area (Å²) in [6.45, 7) is 2.66. The minimum absolute atomic E-state index is 0.0217. The molecule has 0 bridgehead atoms. The van der Waals surface area contributed by atoms with Crippen molar-refractivity contribution >= 4 is 5.91 Å². The highest BCUT2D eigenvalue weighted by Crippen LogP contribution is 2.28. The third-order valence-electron chi connectivity index (χ3n) is 4.07. The number of hydrogen-bond acceptors (Lipinski definition) is 3. The second kappa shape index (κ2) is 6.11. The Morgan fingerprint density at radius 2 is 2.19 bits per heavy atom. The highest BCUT2D eigenvalue weighted by atomic mass is 16.1. The van der Waals surface area contributed by atoms with E-state index in [1.807, 2.05) is 30.0 Å². The molecule has 1 amide bonds. The van der Waals surface area contributed by atoms with Crippen LogP contribution in [0.4, 0.5) is 0 Å². The number of aryl methyl sites for hydroxylation is 1. The van der Waals surface area contributed by atoms with Crippen molar-refractivity contribution in [3.8, 4) is 0 Å². The summed E-state index contributed by atoms with van der Waals surface area (Å²) in [4.78, 5) is 16.0. The van der Waals surface area contributed by atoms with Crippen LogP contribution in [0.3, 0.4) is 0 Å². The SMILES string of the molecule is Cc1nccn1CC(=O)NCc1ccn(C2CCCC2)n1. The van der Waals surface area contributed by atoms with Gasteiger partial charge in [-0.15, -0.1) is 0 Å². The average Bonchev–Trinajstić information content (AvgIpc) is 3.18. The monoisotopic (exact) mass is 287 g/mol. The van der Waals surface area contributed by atoms with E-state index in [1.54, 1.807) is 6.20 Å². The van der Waals surface area contributed by atoms with Gasteiger partial charge >= 0.3 is 0 Å². The van der Waals surface area contributed by atoms with Crippen LogP contribution >= 0.6 is 0 Å². The van der Waals surface area contributed by atoms with Crippen LogP contribution in [-0.4, -0.2) is 25.2 Å². The molecule has 0 saturated heterocycles. The number of hydrogen-bond donors (Lipinski definition) is 1. The lowest BCUT2D eigenvalue weighted by atomic mass is 10.3. The molecule has 2 aromatic rings. The molecule has 0 spiro atoms. The summed E-state index contributed by atoms with van der Waals surface area (Å²) in [7, 11) is 0. The number of carbonyl (C=O) groups excluding carboxylic acids is 1. The van der Waals surface area contributed by atoms with Gasteiger partial charge in [-0.3, -0.25) is 9.48 Å². The quantitative estimate of drug-likeness (QED) is 0.912. The van der Waals surface area contributed by atoms with Crippen molar-refractivity contribution in [2.45, 2.75) is 51.7 Å². The van der Waals surface area contributed by atoms with Crippen molar-refractivity contribution < 1.29 is 4.79 Å². The second-order valence-electron chi connectivity index (χ2n) is 5.60. The zero-order chi connectivity index (χ0) is 14.7. The van der Waals surface area contributed by atoms with Crippen LogP contribution in [0.2, 0.25) is 0 Å². The molecule has 6 heteroatoms. The molecule has 0 radical (unpaired) electrons. The Hall–Kier alpha value is -2.11. The predicted octanol–water partition coefficient (Wildman–Crippen LogP) is 1.82. The molecule has 0 atom stereocenters. The van der Waals surface area contributed by atoms with E-state index < -0.39 is 0 Å². The second-order valence-corrected chi connectivity index (χ2v) is 5.60. The fourth-order valence-corrected chi connectivity index (χ4v) is 2.81. The lowest BCUT2D eigenvalue weighted by Gasteiger charge is -2.09. The van der Waals surface area contributed by atoms with E-state index in [4.69, 9.17) is 0 Å². The first-order valence-electron chi connectivity index (χ1n) is 7.51. The van der Waals surface area contributed by atoms with Gasteiger partial charge in [0.25, 0.3) is 0 Å². The Kier molecular flexibility index (Phi) is 4.03. The largest absolute Gasteiger partial charge is 0.349 e. The molecular formula is C15H21N5O. The van der Waals surface area contributed by atoms with E-state index in [-0.39, 0.29) is 5.91 Å². The van der Waals surface area contributed by atoms with Crippen molar-refractivity contribution in [2.75, 3.05) is 0 Å². The summed E-state index contributed by atoms with van der Waals surface area (Å²) in [5, 5.41) is 7.47. The van der Waals surface area contributed by atoms with Crippen LogP contribution in [-0.2, 0) is 17.9 Å². The summed E-state index contributed by atoms with van der Waals surface area (Å²) >= 11 is 0. The van der Waals surface area contributed by atoms with Crippen LogP contribution in [0, 0.1) is 6.92 Å². The third-order valence-corrected chi connectivity index (χ3v) is 4.07. The van der Waals surface area contributed by atoms with Gasteiger partial charge in [0.05, 0.1) is 18.3 Å². The maximum atomic E-state index is 11.9. The number of nitrogens with one attached hydrogen (secondary N) is 1. The molecule has 1 saturated carbocycles. The topological polar surface area (TPSA) is 64.7 Å². The Balaban J connectivity index is 1.50. The van der Waals surface area contributed by atoms with Gasteiger partial charge in [0.1, 0.15) is 12.4 Å². The average molecular weight is 287 g/mol. The van der Waals surface area contributed by atoms with Crippen molar-refractivity contribution in [1.29, 1.82) is 0 Å². The minimum Gasteiger partial charge on any atom is -0.349 e. The Labute approximate surface area is 124 Å². The first-order chi connectivity index (χ1) is 10.2. The lowest BCUT2D eigenvalue weighted by molar-refractivity contribution is -0.121. The smallest absolute Gasteiger partial charge is 0.240 e. The van der Waals surface area contributed by atoms with Gasteiger partial charge in [0, 0.05) is 18.6 Å². The maximum Gasteiger partial charge on any atom is 0.240 e. The van der Waals surface area contributed by atoms with E-state index >= 15 is 0 Å². The molecule has 6 nitrogen and oxygen atoms in total. The van der Waals surface area contributed by atoms with Crippen LogP contribution in [0.25, 0.3) is 0 Å². The number of aromatic nitrogens is 4. The van der Waals surface area contributed by atoms with E-state index in [0.717, 1.165) is 11.5 Å². The number of imidazole rings is 1. The zero-order valence-corrected chi connectivity index (χ0v) is 12.3. The van der Waals surface area contributed by atoms with Gasteiger partial charge in [0.2, 0.25) is 5.91 Å². The molecule has 1 fully saturated rings. The summed E-state index contributed by atoms with van der Waals surface area (Å²) in [5.74, 6) is 0.821. The molecule has 0 aromatic carbocycles. The van der Waals surface area contributed by atoms with E-state index in [0.29, 0.717) is 19.1 Å². The summed E-state index contributed by atoms with van der Waals surface area (Å²) in [6.07, 6.45) is 10.6. The molecule has 1 aliphatic carbocycles. The summed E-state index contributed by atoms with van der Waals surface area (Å²) in [5.41, 5.74) is 0.914. The van der Waals surface area contributed by atoms with Gasteiger partial charge in [-0.25, -0.2) is 4.98 Å². The highest BCUT2D eigenvalue weighted by Gasteiger charge is 2.17. The van der Waals surface area contributed by atoms with Gasteiger partial charge < -0.3 is 9.88 Å². The molecule has 21 heavy (non-hydrogen) atoms. The number of carbonyl (C=O) groups is 1. The molecule has 2 aromatic heterocycles. The minimum atomic E-state index is -0.0217. The van der Waals surface area contributed by atoms with Crippen LogP contribution in [0.1, 0.15) is 43.2 Å². The van der Waals surface area contributed by atoms with E-state index in [1.165, 1.54) is 25.7 Å². The van der Waals surface area contributed by atoms with Gasteiger partial charge in [-0.1, -0.05) is 12.8 Å². The van der Waals surface area contributed by atoms with Crippen LogP contribution in [0.15, 0.2) is 24.7 Å². The Morgan fingerprint density at radius 3 is 2.90 bits per heavy atom. The predicted molar refractivity (Wildman–Crippen MR) is 78.5 cm³/mol. The first kappa shape index (κ1) is 13.9. The number of amides is 1. The molecular weight excluding hydrogens is 266 g/mol. The zero-order valence-electron chi connectivity index (χ0n) is 12.3. The van der Waals surface area contributed by atoms with Crippen LogP contribution < -0.4 is 5.32 Å².